The molecule has 9 nitrogen and oxygen atoms in total. The van der Waals surface area contributed by atoms with Crippen molar-refractivity contribution in [3.05, 3.63) is 59.2 Å². The first-order valence-electron chi connectivity index (χ1n) is 9.16. The second-order valence-corrected chi connectivity index (χ2v) is 7.30. The number of amides is 2. The highest BCUT2D eigenvalue weighted by Gasteiger charge is 2.24. The predicted octanol–water partition coefficient (Wildman–Crippen LogP) is 3.42. The number of rotatable bonds is 9. The lowest BCUT2D eigenvalue weighted by molar-refractivity contribution is 0.0693. The number of hydrogen-bond acceptors (Lipinski definition) is 6. The lowest BCUT2D eigenvalue weighted by Crippen LogP contribution is -2.30. The van der Waals surface area contributed by atoms with E-state index in [-0.39, 0.29) is 16.4 Å². The van der Waals surface area contributed by atoms with Crippen molar-refractivity contribution < 1.29 is 28.2 Å². The zero-order valence-corrected chi connectivity index (χ0v) is 17.2. The van der Waals surface area contributed by atoms with Gasteiger partial charge in [0.25, 0.3) is 0 Å². The number of aryl methyl sites for hydroxylation is 2. The van der Waals surface area contributed by atoms with Crippen molar-refractivity contribution in [1.29, 1.82) is 0 Å². The number of benzene rings is 1. The van der Waals surface area contributed by atoms with Gasteiger partial charge in [-0.15, -0.1) is 0 Å². The number of anilines is 1. The van der Waals surface area contributed by atoms with Gasteiger partial charge in [-0.05, 0) is 42.6 Å². The fourth-order valence-corrected chi connectivity index (χ4v) is 3.41. The molecule has 0 aliphatic carbocycles. The van der Waals surface area contributed by atoms with E-state index < -0.39 is 35.8 Å². The number of urea groups is 1. The van der Waals surface area contributed by atoms with Crippen LogP contribution in [0.5, 0.6) is 5.88 Å². The molecule has 31 heavy (non-hydrogen) atoms. The van der Waals surface area contributed by atoms with Gasteiger partial charge in [0.1, 0.15) is 23.2 Å². The summed E-state index contributed by atoms with van der Waals surface area (Å²) >= 11 is 0.688. The molecule has 0 unspecified atom stereocenters. The van der Waals surface area contributed by atoms with Crippen LogP contribution < -0.4 is 15.4 Å². The molecule has 0 spiro atoms. The Morgan fingerprint density at radius 1 is 1.29 bits per heavy atom. The molecule has 0 saturated heterocycles. The van der Waals surface area contributed by atoms with Crippen LogP contribution in [0, 0.1) is 18.6 Å². The topological polar surface area (TPSA) is 118 Å². The monoisotopic (exact) mass is 451 g/mol. The largest absolute Gasteiger partial charge is 0.477 e. The molecular weight excluding hydrogens is 432 g/mol. The van der Waals surface area contributed by atoms with E-state index in [1.807, 2.05) is 4.57 Å². The van der Waals surface area contributed by atoms with Gasteiger partial charge in [0.15, 0.2) is 5.56 Å². The van der Waals surface area contributed by atoms with Crippen molar-refractivity contribution in [2.24, 2.45) is 0 Å². The van der Waals surface area contributed by atoms with Crippen LogP contribution in [-0.4, -0.2) is 37.6 Å². The predicted molar refractivity (Wildman–Crippen MR) is 108 cm³/mol. The van der Waals surface area contributed by atoms with Crippen molar-refractivity contribution in [3.63, 3.8) is 0 Å². The van der Waals surface area contributed by atoms with Crippen LogP contribution in [0.15, 0.2) is 30.9 Å². The maximum Gasteiger partial charge on any atom is 0.344 e. The van der Waals surface area contributed by atoms with Crippen molar-refractivity contribution in [1.82, 2.24) is 19.2 Å². The number of carboxylic acids is 1. The fourth-order valence-electron chi connectivity index (χ4n) is 2.69. The number of ether oxygens (including phenoxy) is 1. The number of carboxylic acid groups (broad SMARTS) is 1. The van der Waals surface area contributed by atoms with Crippen LogP contribution in [-0.2, 0) is 13.2 Å². The highest BCUT2D eigenvalue weighted by atomic mass is 32.1. The van der Waals surface area contributed by atoms with Crippen LogP contribution in [0.25, 0.3) is 0 Å². The molecule has 2 aromatic heterocycles. The number of aromatic carboxylic acids is 1. The molecule has 0 aliphatic rings. The lowest BCUT2D eigenvalue weighted by atomic mass is 10.1. The molecule has 0 fully saturated rings. The van der Waals surface area contributed by atoms with E-state index in [0.29, 0.717) is 36.6 Å². The van der Waals surface area contributed by atoms with Crippen LogP contribution in [0.3, 0.4) is 0 Å². The number of halogens is 2. The van der Waals surface area contributed by atoms with Crippen molar-refractivity contribution in [3.8, 4) is 5.88 Å². The van der Waals surface area contributed by atoms with E-state index in [0.717, 1.165) is 12.1 Å². The molecule has 1 aromatic carbocycles. The van der Waals surface area contributed by atoms with Gasteiger partial charge in [0, 0.05) is 25.5 Å². The Labute approximate surface area is 179 Å². The summed E-state index contributed by atoms with van der Waals surface area (Å²) in [5.41, 5.74) is -0.340. The van der Waals surface area contributed by atoms with Gasteiger partial charge in [-0.2, -0.15) is 4.37 Å². The summed E-state index contributed by atoms with van der Waals surface area (Å²) in [5, 5.41) is 14.4. The third-order valence-electron chi connectivity index (χ3n) is 4.18. The van der Waals surface area contributed by atoms with Gasteiger partial charge in [-0.25, -0.2) is 23.4 Å². The Morgan fingerprint density at radius 3 is 2.68 bits per heavy atom. The van der Waals surface area contributed by atoms with Crippen LogP contribution >= 0.6 is 11.5 Å². The highest BCUT2D eigenvalue weighted by molar-refractivity contribution is 7.11. The van der Waals surface area contributed by atoms with Gasteiger partial charge in [0.2, 0.25) is 5.88 Å². The lowest BCUT2D eigenvalue weighted by Gasteiger charge is -2.09. The third-order valence-corrected chi connectivity index (χ3v) is 4.92. The van der Waals surface area contributed by atoms with Crippen LogP contribution in [0.4, 0.5) is 18.6 Å². The number of nitrogens with zero attached hydrogens (tertiary/aromatic N) is 3. The molecule has 0 atom stereocenters. The Bertz CT molecular complexity index is 1050. The zero-order chi connectivity index (χ0) is 22.4. The molecular formula is C19H19F2N5O4S. The number of carbonyl (C=O) groups excluding carboxylic acids is 1. The molecule has 12 heteroatoms. The van der Waals surface area contributed by atoms with E-state index in [9.17, 15) is 23.5 Å². The first-order valence-corrected chi connectivity index (χ1v) is 9.93. The molecule has 0 aliphatic heterocycles. The second kappa shape index (κ2) is 9.98. The Hall–Kier alpha value is -3.54. The third kappa shape index (κ3) is 5.75. The summed E-state index contributed by atoms with van der Waals surface area (Å²) in [4.78, 5) is 27.6. The van der Waals surface area contributed by atoms with Gasteiger partial charge in [0.05, 0.1) is 11.9 Å². The summed E-state index contributed by atoms with van der Waals surface area (Å²) < 4.78 is 38.9. The van der Waals surface area contributed by atoms with Crippen molar-refractivity contribution in [2.75, 3.05) is 11.9 Å². The second-order valence-electron chi connectivity index (χ2n) is 6.53. The first-order chi connectivity index (χ1) is 14.8. The van der Waals surface area contributed by atoms with Crippen molar-refractivity contribution in [2.45, 2.75) is 26.5 Å². The smallest absolute Gasteiger partial charge is 0.344 e. The molecule has 0 bridgehead atoms. The number of aromatic nitrogens is 3. The number of imidazole rings is 1. The molecule has 164 valence electrons. The quantitative estimate of drug-likeness (QED) is 0.429. The van der Waals surface area contributed by atoms with E-state index in [4.69, 9.17) is 4.74 Å². The summed E-state index contributed by atoms with van der Waals surface area (Å²) in [5.74, 6) is -3.35. The normalized spacial score (nSPS) is 10.7. The van der Waals surface area contributed by atoms with Crippen LogP contribution in [0.2, 0.25) is 0 Å². The molecule has 3 N–H and O–H groups in total. The zero-order valence-electron chi connectivity index (χ0n) is 16.4. The average Bonchev–Trinajstić information content (AvgIpc) is 3.34. The van der Waals surface area contributed by atoms with E-state index in [2.05, 4.69) is 20.0 Å². The minimum absolute atomic E-state index is 0.0561. The van der Waals surface area contributed by atoms with Crippen molar-refractivity contribution >= 4 is 28.5 Å². The summed E-state index contributed by atoms with van der Waals surface area (Å²) in [6.07, 6.45) is 5.75. The summed E-state index contributed by atoms with van der Waals surface area (Å²) in [6.45, 7) is 1.99. The fraction of sp³-hybridized carbons (Fsp3) is 0.263. The number of hydrogen-bond donors (Lipinski definition) is 3. The maximum atomic E-state index is 14.0. The Morgan fingerprint density at radius 2 is 2.03 bits per heavy atom. The Balaban J connectivity index is 1.59. The summed E-state index contributed by atoms with van der Waals surface area (Å²) in [7, 11) is 0. The van der Waals surface area contributed by atoms with Crippen LogP contribution in [0.1, 0.15) is 27.9 Å². The molecule has 2 amide bonds. The molecule has 3 rings (SSSR count). The highest BCUT2D eigenvalue weighted by Crippen LogP contribution is 2.31. The van der Waals surface area contributed by atoms with E-state index >= 15 is 0 Å². The molecule has 3 aromatic rings. The Kier molecular flexibility index (Phi) is 7.13. The molecule has 2 heterocycles. The molecule has 0 saturated carbocycles. The minimum Gasteiger partial charge on any atom is -0.477 e. The van der Waals surface area contributed by atoms with Gasteiger partial charge < -0.3 is 19.7 Å². The van der Waals surface area contributed by atoms with E-state index in [1.165, 1.54) is 0 Å². The maximum absolute atomic E-state index is 14.0. The number of carbonyl (C=O) groups is 2. The summed E-state index contributed by atoms with van der Waals surface area (Å²) in [6, 6.07) is 1.68. The minimum atomic E-state index is -1.40. The van der Waals surface area contributed by atoms with Gasteiger partial charge in [-0.1, -0.05) is 0 Å². The average molecular weight is 451 g/mol. The van der Waals surface area contributed by atoms with Gasteiger partial charge in [-0.3, -0.25) is 5.32 Å². The van der Waals surface area contributed by atoms with E-state index in [1.54, 1.807) is 25.6 Å². The van der Waals surface area contributed by atoms with Gasteiger partial charge >= 0.3 is 12.0 Å². The SMILES string of the molecule is Cc1cc(F)c(COc2nsc(NC(=O)NCCCn3ccnc3)c2C(=O)O)c(F)c1. The first kappa shape index (κ1) is 22.2. The molecule has 0 radical (unpaired) electrons. The number of nitrogens with one attached hydrogen (secondary N) is 2. The standard InChI is InChI=1S/C19H19F2N5O4S/c1-11-7-13(20)12(14(21)8-11)9-30-16-15(18(27)28)17(31-25-16)24-19(29)23-3-2-5-26-6-4-22-10-26/h4,6-8,10H,2-3,5,9H2,1H3,(H,27,28)(H2,23,24,29).